The van der Waals surface area contributed by atoms with Gasteiger partial charge in [0.15, 0.2) is 0 Å². The van der Waals surface area contributed by atoms with Gasteiger partial charge < -0.3 is 0 Å². The Labute approximate surface area is 185 Å². The third-order valence-electron chi connectivity index (χ3n) is 5.75. The zero-order chi connectivity index (χ0) is 20.0. The zero-order valence-electron chi connectivity index (χ0n) is 15.9. The molecule has 7 heteroatoms. The number of aryl methyl sites for hydroxylation is 1. The van der Waals surface area contributed by atoms with Gasteiger partial charge >= 0.3 is 0 Å². The minimum atomic E-state index is 0.586. The number of halogens is 3. The molecule has 0 saturated carbocycles. The van der Waals surface area contributed by atoms with Crippen molar-refractivity contribution in [3.8, 4) is 16.9 Å². The van der Waals surface area contributed by atoms with Gasteiger partial charge in [0.1, 0.15) is 0 Å². The summed E-state index contributed by atoms with van der Waals surface area (Å²) in [5, 5.41) is 9.25. The molecule has 2 aromatic carbocycles. The lowest BCUT2D eigenvalue weighted by Crippen LogP contribution is -2.35. The summed E-state index contributed by atoms with van der Waals surface area (Å²) < 4.78 is 1.97. The topological polar surface area (TPSA) is 33.1 Å². The van der Waals surface area contributed by atoms with Gasteiger partial charge in [0, 0.05) is 34.3 Å². The first-order chi connectivity index (χ1) is 14.1. The Bertz CT molecular complexity index is 1070. The minimum Gasteiger partial charge on any atom is -0.249 e. The summed E-state index contributed by atoms with van der Waals surface area (Å²) in [5.74, 6) is 0. The molecule has 1 fully saturated rings. The Balaban J connectivity index is 1.62. The molecule has 1 aliphatic carbocycles. The number of fused-ring (bicyclic) bond motifs is 3. The highest BCUT2D eigenvalue weighted by Crippen LogP contribution is 2.39. The van der Waals surface area contributed by atoms with E-state index in [1.165, 1.54) is 29.5 Å². The van der Waals surface area contributed by atoms with Crippen molar-refractivity contribution in [1.29, 1.82) is 0 Å². The van der Waals surface area contributed by atoms with Gasteiger partial charge in [-0.25, -0.2) is 15.1 Å². The molecule has 0 spiro atoms. The van der Waals surface area contributed by atoms with E-state index in [-0.39, 0.29) is 0 Å². The van der Waals surface area contributed by atoms with Crippen LogP contribution in [0.25, 0.3) is 16.9 Å². The van der Waals surface area contributed by atoms with Crippen LogP contribution in [0.2, 0.25) is 15.1 Å². The van der Waals surface area contributed by atoms with Crippen LogP contribution in [0.5, 0.6) is 0 Å². The number of hydrogen-bond donors (Lipinski definition) is 1. The van der Waals surface area contributed by atoms with Crippen molar-refractivity contribution in [1.82, 2.24) is 20.2 Å². The molecule has 150 valence electrons. The molecule has 0 amide bonds. The highest BCUT2D eigenvalue weighted by molar-refractivity contribution is 6.35. The monoisotopic (exact) mass is 446 g/mol. The molecule has 1 N–H and O–H groups in total. The third kappa shape index (κ3) is 3.69. The SMILES string of the molecule is Clc1ccc(-n2nc(CNN3CCCC3)c3c2-c2ccc(Cl)cc2CC3)c(Cl)c1. The minimum absolute atomic E-state index is 0.586. The first-order valence-corrected chi connectivity index (χ1v) is 11.1. The second-order valence-corrected chi connectivity index (χ2v) is 8.89. The highest BCUT2D eigenvalue weighted by Gasteiger charge is 2.27. The normalized spacial score (nSPS) is 16.1. The van der Waals surface area contributed by atoms with E-state index >= 15 is 0 Å². The van der Waals surface area contributed by atoms with Crippen LogP contribution >= 0.6 is 34.8 Å². The van der Waals surface area contributed by atoms with Crippen molar-refractivity contribution in [2.45, 2.75) is 32.2 Å². The number of hydrazine groups is 1. The van der Waals surface area contributed by atoms with E-state index in [1.807, 2.05) is 22.9 Å². The lowest BCUT2D eigenvalue weighted by Gasteiger charge is -2.20. The molecule has 1 aromatic heterocycles. The fourth-order valence-corrected chi connectivity index (χ4v) is 5.01. The van der Waals surface area contributed by atoms with E-state index in [0.717, 1.165) is 48.0 Å². The molecule has 0 atom stereocenters. The number of nitrogens with one attached hydrogen (secondary N) is 1. The van der Waals surface area contributed by atoms with Crippen LogP contribution in [0.4, 0.5) is 0 Å². The van der Waals surface area contributed by atoms with E-state index in [1.54, 1.807) is 6.07 Å². The Hall–Kier alpha value is -1.56. The lowest BCUT2D eigenvalue weighted by molar-refractivity contribution is 0.230. The maximum atomic E-state index is 6.56. The van der Waals surface area contributed by atoms with E-state index < -0.39 is 0 Å². The molecule has 3 aromatic rings. The van der Waals surface area contributed by atoms with Crippen molar-refractivity contribution in [2.75, 3.05) is 13.1 Å². The lowest BCUT2D eigenvalue weighted by atomic mass is 9.89. The molecular weight excluding hydrogens is 427 g/mol. The molecular formula is C22H21Cl3N4. The number of rotatable bonds is 4. The molecule has 0 radical (unpaired) electrons. The summed E-state index contributed by atoms with van der Waals surface area (Å²) in [4.78, 5) is 0. The van der Waals surface area contributed by atoms with Gasteiger partial charge in [-0.3, -0.25) is 0 Å². The standard InChI is InChI=1S/C22H21Cl3N4/c23-15-4-7-17-14(11-15)3-6-18-20(13-26-28-9-1-2-10-28)27-29(22(17)18)21-8-5-16(24)12-19(21)25/h4-5,7-8,11-12,26H,1-3,6,9-10,13H2. The maximum Gasteiger partial charge on any atom is 0.0840 e. The molecule has 0 unspecified atom stereocenters. The van der Waals surface area contributed by atoms with Crippen LogP contribution in [-0.2, 0) is 19.4 Å². The van der Waals surface area contributed by atoms with Crippen molar-refractivity contribution >= 4 is 34.8 Å². The number of hydrogen-bond acceptors (Lipinski definition) is 3. The second-order valence-electron chi connectivity index (χ2n) is 7.61. The number of aromatic nitrogens is 2. The third-order valence-corrected chi connectivity index (χ3v) is 6.52. The first-order valence-electron chi connectivity index (χ1n) is 9.93. The predicted molar refractivity (Wildman–Crippen MR) is 119 cm³/mol. The van der Waals surface area contributed by atoms with Crippen LogP contribution in [0.3, 0.4) is 0 Å². The molecule has 1 aliphatic heterocycles. The van der Waals surface area contributed by atoms with Crippen LogP contribution in [-0.4, -0.2) is 27.9 Å². The highest BCUT2D eigenvalue weighted by atomic mass is 35.5. The number of nitrogens with zero attached hydrogens (tertiary/aromatic N) is 3. The van der Waals surface area contributed by atoms with E-state index in [0.29, 0.717) is 16.6 Å². The van der Waals surface area contributed by atoms with Crippen molar-refractivity contribution in [3.05, 3.63) is 68.3 Å². The average Bonchev–Trinajstić information content (AvgIpc) is 3.34. The van der Waals surface area contributed by atoms with Crippen molar-refractivity contribution in [3.63, 3.8) is 0 Å². The maximum absolute atomic E-state index is 6.56. The average molecular weight is 448 g/mol. The van der Waals surface area contributed by atoms with Gasteiger partial charge in [-0.05, 0) is 61.6 Å². The Kier molecular flexibility index (Phi) is 5.31. The Morgan fingerprint density at radius 2 is 1.69 bits per heavy atom. The smallest absolute Gasteiger partial charge is 0.0840 e. The summed E-state index contributed by atoms with van der Waals surface area (Å²) in [6, 6.07) is 11.6. The molecule has 5 rings (SSSR count). The van der Waals surface area contributed by atoms with E-state index in [2.05, 4.69) is 22.6 Å². The fraction of sp³-hybridized carbons (Fsp3) is 0.318. The van der Waals surface area contributed by atoms with Crippen molar-refractivity contribution in [2.24, 2.45) is 0 Å². The van der Waals surface area contributed by atoms with Gasteiger partial charge in [0.25, 0.3) is 0 Å². The summed E-state index contributed by atoms with van der Waals surface area (Å²) in [5.41, 5.74) is 10.2. The Morgan fingerprint density at radius 1 is 0.931 bits per heavy atom. The largest absolute Gasteiger partial charge is 0.249 e. The van der Waals surface area contributed by atoms with Gasteiger partial charge in [-0.2, -0.15) is 5.10 Å². The molecule has 2 aliphatic rings. The van der Waals surface area contributed by atoms with Gasteiger partial charge in [0.05, 0.1) is 28.6 Å². The van der Waals surface area contributed by atoms with Crippen LogP contribution in [0.1, 0.15) is 29.7 Å². The molecule has 2 heterocycles. The first kappa shape index (κ1) is 19.4. The summed E-state index contributed by atoms with van der Waals surface area (Å²) in [6.07, 6.45) is 4.38. The van der Waals surface area contributed by atoms with Crippen LogP contribution in [0, 0.1) is 0 Å². The van der Waals surface area contributed by atoms with E-state index in [4.69, 9.17) is 39.9 Å². The molecule has 4 nitrogen and oxygen atoms in total. The van der Waals surface area contributed by atoms with Gasteiger partial charge in [0.2, 0.25) is 0 Å². The Morgan fingerprint density at radius 3 is 2.48 bits per heavy atom. The fourth-order valence-electron chi connectivity index (χ4n) is 4.33. The number of benzene rings is 2. The van der Waals surface area contributed by atoms with Crippen molar-refractivity contribution < 1.29 is 0 Å². The summed E-state index contributed by atoms with van der Waals surface area (Å²) in [6.45, 7) is 2.89. The van der Waals surface area contributed by atoms with Gasteiger partial charge in [-0.15, -0.1) is 0 Å². The molecule has 29 heavy (non-hydrogen) atoms. The van der Waals surface area contributed by atoms with E-state index in [9.17, 15) is 0 Å². The van der Waals surface area contributed by atoms with Crippen LogP contribution in [0.15, 0.2) is 36.4 Å². The predicted octanol–water partition coefficient (Wildman–Crippen LogP) is 5.70. The summed E-state index contributed by atoms with van der Waals surface area (Å²) in [7, 11) is 0. The second kappa shape index (κ2) is 7.93. The van der Waals surface area contributed by atoms with Gasteiger partial charge in [-0.1, -0.05) is 40.9 Å². The molecule has 1 saturated heterocycles. The van der Waals surface area contributed by atoms with Crippen LogP contribution < -0.4 is 5.43 Å². The molecule has 0 bridgehead atoms. The summed E-state index contributed by atoms with van der Waals surface area (Å²) >= 11 is 18.9. The quantitative estimate of drug-likeness (QED) is 0.557. The zero-order valence-corrected chi connectivity index (χ0v) is 18.2.